The molecule has 0 aliphatic carbocycles. The van der Waals surface area contributed by atoms with Crippen molar-refractivity contribution >= 4 is 44.1 Å². The molecule has 1 atom stereocenters. The predicted molar refractivity (Wildman–Crippen MR) is 149 cm³/mol. The summed E-state index contributed by atoms with van der Waals surface area (Å²) in [4.78, 5) is 32.8. The van der Waals surface area contributed by atoms with Crippen LogP contribution in [0.25, 0.3) is 16.0 Å². The van der Waals surface area contributed by atoms with E-state index >= 15 is 0 Å². The second-order valence-corrected chi connectivity index (χ2v) is 10.4. The van der Waals surface area contributed by atoms with Gasteiger partial charge in [-0.25, -0.2) is 9.37 Å². The SMILES string of the molecule is CCCCOc1ccc(C2C(=C(O)c3ccc4c(c3)OCCO4)C(=O)C(=O)N2c2nc3ccc(F)cc3s2)cc1. The number of rotatable bonds is 7. The Morgan fingerprint density at radius 2 is 1.85 bits per heavy atom. The number of hydrogen-bond donors (Lipinski definition) is 1. The number of ether oxygens (including phenoxy) is 3. The molecule has 2 aliphatic rings. The highest BCUT2D eigenvalue weighted by Crippen LogP contribution is 2.45. The molecule has 1 unspecified atom stereocenters. The predicted octanol–water partition coefficient (Wildman–Crippen LogP) is 6.01. The molecule has 6 rings (SSSR count). The number of aliphatic hydroxyl groups excluding tert-OH is 1. The number of nitrogens with zero attached hydrogens (tertiary/aromatic N) is 2. The van der Waals surface area contributed by atoms with Crippen molar-refractivity contribution in [2.45, 2.75) is 25.8 Å². The van der Waals surface area contributed by atoms with Gasteiger partial charge in [0.25, 0.3) is 5.78 Å². The number of Topliss-reactive ketones (excluding diaryl/α,β-unsaturated/α-hetero) is 1. The first-order valence-corrected chi connectivity index (χ1v) is 13.8. The van der Waals surface area contributed by atoms with Gasteiger partial charge in [0, 0.05) is 5.56 Å². The third kappa shape index (κ3) is 4.64. The zero-order valence-corrected chi connectivity index (χ0v) is 22.4. The van der Waals surface area contributed by atoms with Gasteiger partial charge in [0.2, 0.25) is 0 Å². The Hall–Kier alpha value is -4.44. The minimum atomic E-state index is -0.983. The number of halogens is 1. The lowest BCUT2D eigenvalue weighted by Crippen LogP contribution is -2.29. The zero-order chi connectivity index (χ0) is 27.8. The summed E-state index contributed by atoms with van der Waals surface area (Å²) in [5.74, 6) is -0.866. The number of amides is 1. The molecule has 1 aromatic heterocycles. The maximum absolute atomic E-state index is 13.9. The van der Waals surface area contributed by atoms with E-state index in [0.29, 0.717) is 58.4 Å². The fraction of sp³-hybridized carbons (Fsp3) is 0.233. The summed E-state index contributed by atoms with van der Waals surface area (Å²) in [6.45, 7) is 3.41. The molecule has 1 amide bonds. The smallest absolute Gasteiger partial charge is 0.301 e. The van der Waals surface area contributed by atoms with Crippen molar-refractivity contribution in [3.05, 3.63) is 83.2 Å². The quantitative estimate of drug-likeness (QED) is 0.128. The molecule has 204 valence electrons. The number of thiazole rings is 1. The molecule has 8 nitrogen and oxygen atoms in total. The van der Waals surface area contributed by atoms with Gasteiger partial charge in [0.15, 0.2) is 16.6 Å². The Bertz CT molecular complexity index is 1650. The number of unbranched alkanes of at least 4 members (excludes halogenated alkanes) is 1. The van der Waals surface area contributed by atoms with Crippen LogP contribution >= 0.6 is 11.3 Å². The number of carbonyl (C=O) groups excluding carboxylic acids is 2. The van der Waals surface area contributed by atoms with Crippen LogP contribution in [0.15, 0.2) is 66.2 Å². The van der Waals surface area contributed by atoms with Crippen LogP contribution in [-0.2, 0) is 9.59 Å². The van der Waals surface area contributed by atoms with Crippen molar-refractivity contribution in [3.8, 4) is 17.2 Å². The monoisotopic (exact) mass is 560 g/mol. The van der Waals surface area contributed by atoms with Crippen LogP contribution in [0.5, 0.6) is 17.2 Å². The van der Waals surface area contributed by atoms with Gasteiger partial charge in [-0.2, -0.15) is 0 Å². The van der Waals surface area contributed by atoms with Gasteiger partial charge in [-0.3, -0.25) is 14.5 Å². The fourth-order valence-electron chi connectivity index (χ4n) is 4.76. The summed E-state index contributed by atoms with van der Waals surface area (Å²) in [5.41, 5.74) is 1.28. The molecule has 0 spiro atoms. The van der Waals surface area contributed by atoms with Gasteiger partial charge in [0.05, 0.1) is 28.4 Å². The Kier molecular flexibility index (Phi) is 6.85. The highest BCUT2D eigenvalue weighted by Gasteiger charge is 2.48. The molecule has 0 radical (unpaired) electrons. The van der Waals surface area contributed by atoms with Gasteiger partial charge in [-0.05, 0) is 60.5 Å². The van der Waals surface area contributed by atoms with E-state index in [9.17, 15) is 19.1 Å². The third-order valence-electron chi connectivity index (χ3n) is 6.77. The summed E-state index contributed by atoms with van der Waals surface area (Å²) in [6.07, 6.45) is 1.91. The molecular weight excluding hydrogens is 535 g/mol. The summed E-state index contributed by atoms with van der Waals surface area (Å²) < 4.78 is 31.4. The maximum Gasteiger partial charge on any atom is 0.301 e. The van der Waals surface area contributed by atoms with Crippen LogP contribution in [0.1, 0.15) is 36.9 Å². The number of fused-ring (bicyclic) bond motifs is 2. The highest BCUT2D eigenvalue weighted by molar-refractivity contribution is 7.22. The van der Waals surface area contributed by atoms with Gasteiger partial charge in [-0.15, -0.1) is 0 Å². The summed E-state index contributed by atoms with van der Waals surface area (Å²) >= 11 is 1.09. The van der Waals surface area contributed by atoms with Gasteiger partial charge in [0.1, 0.15) is 30.5 Å². The van der Waals surface area contributed by atoms with Crippen molar-refractivity contribution in [2.24, 2.45) is 0 Å². The van der Waals surface area contributed by atoms with Crippen LogP contribution in [0.2, 0.25) is 0 Å². The first-order valence-electron chi connectivity index (χ1n) is 12.9. The molecule has 1 N–H and O–H groups in total. The minimum absolute atomic E-state index is 0.0910. The van der Waals surface area contributed by atoms with E-state index < -0.39 is 23.5 Å². The second-order valence-electron chi connectivity index (χ2n) is 9.41. The zero-order valence-electron chi connectivity index (χ0n) is 21.6. The van der Waals surface area contributed by atoms with Gasteiger partial charge in [-0.1, -0.05) is 36.8 Å². The number of ketones is 1. The van der Waals surface area contributed by atoms with Crippen molar-refractivity contribution in [2.75, 3.05) is 24.7 Å². The minimum Gasteiger partial charge on any atom is -0.507 e. The Labute approximate surface area is 233 Å². The van der Waals surface area contributed by atoms with Crippen molar-refractivity contribution in [1.29, 1.82) is 0 Å². The van der Waals surface area contributed by atoms with Gasteiger partial charge < -0.3 is 19.3 Å². The summed E-state index contributed by atoms with van der Waals surface area (Å²) in [7, 11) is 0. The van der Waals surface area contributed by atoms with Crippen molar-refractivity contribution in [1.82, 2.24) is 4.98 Å². The molecule has 1 saturated heterocycles. The Morgan fingerprint density at radius 3 is 2.62 bits per heavy atom. The van der Waals surface area contributed by atoms with Crippen LogP contribution in [0.4, 0.5) is 9.52 Å². The van der Waals surface area contributed by atoms with Crippen molar-refractivity contribution < 1.29 is 33.3 Å². The Balaban J connectivity index is 1.47. The average Bonchev–Trinajstić information content (AvgIpc) is 3.50. The lowest BCUT2D eigenvalue weighted by molar-refractivity contribution is -0.132. The Morgan fingerprint density at radius 1 is 1.07 bits per heavy atom. The topological polar surface area (TPSA) is 98.2 Å². The van der Waals surface area contributed by atoms with Crippen LogP contribution in [-0.4, -0.2) is 41.6 Å². The number of aliphatic hydroxyl groups is 1. The van der Waals surface area contributed by atoms with Gasteiger partial charge >= 0.3 is 5.91 Å². The lowest BCUT2D eigenvalue weighted by Gasteiger charge is -2.23. The standard InChI is InChI=1S/C30H25FN2O6S/c1-2-3-12-37-20-8-4-17(5-9-20)26-25(27(34)18-6-11-22-23(15-18)39-14-13-38-22)28(35)29(36)33(26)30-32-21-10-7-19(31)16-24(21)40-30/h4-11,15-16,26,34H,2-3,12-14H2,1H3. The van der Waals surface area contributed by atoms with E-state index in [-0.39, 0.29) is 16.5 Å². The van der Waals surface area contributed by atoms with E-state index in [0.717, 1.165) is 24.2 Å². The number of carbonyl (C=O) groups is 2. The molecule has 0 bridgehead atoms. The molecule has 40 heavy (non-hydrogen) atoms. The average molecular weight is 561 g/mol. The van der Waals surface area contributed by atoms with E-state index in [2.05, 4.69) is 11.9 Å². The van der Waals surface area contributed by atoms with E-state index in [1.165, 1.54) is 23.1 Å². The van der Waals surface area contributed by atoms with Crippen molar-refractivity contribution in [3.63, 3.8) is 0 Å². The normalized spacial score (nSPS) is 17.9. The van der Waals surface area contributed by atoms with Crippen LogP contribution in [0.3, 0.4) is 0 Å². The van der Waals surface area contributed by atoms with E-state index in [1.807, 2.05) is 0 Å². The van der Waals surface area contributed by atoms with E-state index in [1.54, 1.807) is 42.5 Å². The van der Waals surface area contributed by atoms with E-state index in [4.69, 9.17) is 14.2 Å². The molecule has 3 heterocycles. The highest BCUT2D eigenvalue weighted by atomic mass is 32.1. The third-order valence-corrected chi connectivity index (χ3v) is 7.79. The lowest BCUT2D eigenvalue weighted by atomic mass is 9.95. The second kappa shape index (κ2) is 10.6. The summed E-state index contributed by atoms with van der Waals surface area (Å²) in [6, 6.07) is 15.1. The largest absolute Gasteiger partial charge is 0.507 e. The summed E-state index contributed by atoms with van der Waals surface area (Å²) in [5, 5.41) is 11.7. The number of aromatic nitrogens is 1. The molecule has 1 fully saturated rings. The molecule has 0 saturated carbocycles. The molecule has 4 aromatic rings. The number of benzene rings is 3. The maximum atomic E-state index is 13.9. The molecule has 3 aromatic carbocycles. The molecular formula is C30H25FN2O6S. The first-order chi connectivity index (χ1) is 19.4. The number of hydrogen-bond acceptors (Lipinski definition) is 8. The first kappa shape index (κ1) is 25.8. The van der Waals surface area contributed by atoms with Crippen LogP contribution in [0, 0.1) is 5.82 Å². The molecule has 2 aliphatic heterocycles. The fourth-order valence-corrected chi connectivity index (χ4v) is 5.78. The number of anilines is 1. The molecule has 10 heteroatoms. The van der Waals surface area contributed by atoms with Crippen LogP contribution < -0.4 is 19.1 Å².